The van der Waals surface area contributed by atoms with Crippen LogP contribution in [0.3, 0.4) is 0 Å². The topological polar surface area (TPSA) is 51.4 Å². The van der Waals surface area contributed by atoms with Crippen LogP contribution in [0.25, 0.3) is 0 Å². The lowest BCUT2D eigenvalue weighted by atomic mass is 10.1. The summed E-state index contributed by atoms with van der Waals surface area (Å²) in [7, 11) is 3.76. The van der Waals surface area contributed by atoms with Gasteiger partial charge in [0.25, 0.3) is 0 Å². The van der Waals surface area contributed by atoms with Crippen LogP contribution in [0, 0.1) is 6.92 Å². The molecular formula is C17H23N3O. The summed E-state index contributed by atoms with van der Waals surface area (Å²) in [6.07, 6.45) is 1.91. The SMILES string of the molecule is COc1ccc(CN(C)C(CN)c2ccc(C)nc2)cc1. The first kappa shape index (κ1) is 15.5. The highest BCUT2D eigenvalue weighted by atomic mass is 16.5. The van der Waals surface area contributed by atoms with Gasteiger partial charge < -0.3 is 10.5 Å². The normalized spacial score (nSPS) is 12.4. The molecule has 0 amide bonds. The van der Waals surface area contributed by atoms with Crippen LogP contribution in [0.15, 0.2) is 42.6 Å². The molecule has 4 heteroatoms. The number of methoxy groups -OCH3 is 1. The second-order valence-corrected chi connectivity index (χ2v) is 5.25. The number of nitrogens with two attached hydrogens (primary N) is 1. The number of benzene rings is 1. The molecule has 1 atom stereocenters. The fraction of sp³-hybridized carbons (Fsp3) is 0.353. The second-order valence-electron chi connectivity index (χ2n) is 5.25. The zero-order valence-electron chi connectivity index (χ0n) is 12.9. The fourth-order valence-corrected chi connectivity index (χ4v) is 2.38. The summed E-state index contributed by atoms with van der Waals surface area (Å²) < 4.78 is 5.18. The molecule has 112 valence electrons. The molecule has 1 aromatic heterocycles. The van der Waals surface area contributed by atoms with Crippen molar-refractivity contribution in [3.63, 3.8) is 0 Å². The summed E-state index contributed by atoms with van der Waals surface area (Å²) in [6, 6.07) is 12.4. The van der Waals surface area contributed by atoms with Crippen molar-refractivity contribution in [1.29, 1.82) is 0 Å². The zero-order valence-corrected chi connectivity index (χ0v) is 12.9. The van der Waals surface area contributed by atoms with Gasteiger partial charge in [-0.2, -0.15) is 0 Å². The summed E-state index contributed by atoms with van der Waals surface area (Å²) in [4.78, 5) is 6.61. The third-order valence-corrected chi connectivity index (χ3v) is 3.67. The van der Waals surface area contributed by atoms with Crippen molar-refractivity contribution in [2.24, 2.45) is 5.73 Å². The lowest BCUT2D eigenvalue weighted by Crippen LogP contribution is -2.30. The van der Waals surface area contributed by atoms with Gasteiger partial charge in [0.2, 0.25) is 0 Å². The van der Waals surface area contributed by atoms with Crippen LogP contribution in [0.4, 0.5) is 0 Å². The van der Waals surface area contributed by atoms with Crippen LogP contribution < -0.4 is 10.5 Å². The Morgan fingerprint density at radius 2 is 1.90 bits per heavy atom. The van der Waals surface area contributed by atoms with E-state index in [4.69, 9.17) is 10.5 Å². The number of aromatic nitrogens is 1. The molecule has 0 aliphatic heterocycles. The average molecular weight is 285 g/mol. The minimum absolute atomic E-state index is 0.167. The van der Waals surface area contributed by atoms with E-state index in [2.05, 4.69) is 35.1 Å². The molecule has 2 rings (SSSR count). The first-order valence-corrected chi connectivity index (χ1v) is 7.10. The third kappa shape index (κ3) is 4.03. The Hall–Kier alpha value is -1.91. The number of hydrogen-bond acceptors (Lipinski definition) is 4. The molecule has 4 nitrogen and oxygen atoms in total. The zero-order chi connectivity index (χ0) is 15.2. The molecule has 0 radical (unpaired) electrons. The summed E-state index contributed by atoms with van der Waals surface area (Å²) >= 11 is 0. The Morgan fingerprint density at radius 1 is 1.19 bits per heavy atom. The maximum atomic E-state index is 5.95. The second kappa shape index (κ2) is 7.20. The van der Waals surface area contributed by atoms with Crippen molar-refractivity contribution in [3.8, 4) is 5.75 Å². The Kier molecular flexibility index (Phi) is 5.31. The highest BCUT2D eigenvalue weighted by Crippen LogP contribution is 2.21. The van der Waals surface area contributed by atoms with Crippen LogP contribution in [0.5, 0.6) is 5.75 Å². The van der Waals surface area contributed by atoms with Gasteiger partial charge in [-0.25, -0.2) is 0 Å². The van der Waals surface area contributed by atoms with Crippen molar-refractivity contribution < 1.29 is 4.74 Å². The molecule has 0 fully saturated rings. The Morgan fingerprint density at radius 3 is 2.43 bits per heavy atom. The molecule has 0 saturated heterocycles. The minimum Gasteiger partial charge on any atom is -0.497 e. The standard InChI is InChI=1S/C17H23N3O/c1-13-4-7-15(11-19-13)17(10-18)20(2)12-14-5-8-16(21-3)9-6-14/h4-9,11,17H,10,12,18H2,1-3H3. The third-order valence-electron chi connectivity index (χ3n) is 3.67. The van der Waals surface area contributed by atoms with Gasteiger partial charge in [-0.05, 0) is 43.3 Å². The van der Waals surface area contributed by atoms with Crippen molar-refractivity contribution >= 4 is 0 Å². The van der Waals surface area contributed by atoms with Crippen LogP contribution in [0.1, 0.15) is 22.9 Å². The van der Waals surface area contributed by atoms with Crippen molar-refractivity contribution in [1.82, 2.24) is 9.88 Å². The summed E-state index contributed by atoms with van der Waals surface area (Å²) in [5, 5.41) is 0. The van der Waals surface area contributed by atoms with Gasteiger partial charge in [0, 0.05) is 31.0 Å². The highest BCUT2D eigenvalue weighted by Gasteiger charge is 2.16. The van der Waals surface area contributed by atoms with Gasteiger partial charge in [-0.15, -0.1) is 0 Å². The molecule has 0 bridgehead atoms. The maximum Gasteiger partial charge on any atom is 0.118 e. The van der Waals surface area contributed by atoms with Gasteiger partial charge in [-0.1, -0.05) is 18.2 Å². The minimum atomic E-state index is 0.167. The van der Waals surface area contributed by atoms with E-state index in [9.17, 15) is 0 Å². The number of nitrogens with zero attached hydrogens (tertiary/aromatic N) is 2. The van der Waals surface area contributed by atoms with Crippen LogP contribution >= 0.6 is 0 Å². The highest BCUT2D eigenvalue weighted by molar-refractivity contribution is 5.27. The molecule has 1 heterocycles. The maximum absolute atomic E-state index is 5.95. The Bertz CT molecular complexity index is 551. The van der Waals surface area contributed by atoms with E-state index in [0.717, 1.165) is 23.6 Å². The van der Waals surface area contributed by atoms with E-state index in [1.54, 1.807) is 7.11 Å². The van der Waals surface area contributed by atoms with Crippen molar-refractivity contribution in [3.05, 3.63) is 59.4 Å². The van der Waals surface area contributed by atoms with E-state index < -0.39 is 0 Å². The molecule has 1 aromatic carbocycles. The molecule has 0 saturated carbocycles. The predicted octanol–water partition coefficient (Wildman–Crippen LogP) is 2.53. The summed E-state index contributed by atoms with van der Waals surface area (Å²) in [5.74, 6) is 0.875. The van der Waals surface area contributed by atoms with E-state index in [1.165, 1.54) is 5.56 Å². The van der Waals surface area contributed by atoms with Gasteiger partial charge in [0.15, 0.2) is 0 Å². The fourth-order valence-electron chi connectivity index (χ4n) is 2.38. The molecule has 0 aliphatic rings. The predicted molar refractivity (Wildman–Crippen MR) is 85.2 cm³/mol. The van der Waals surface area contributed by atoms with Crippen LogP contribution in [0.2, 0.25) is 0 Å². The lowest BCUT2D eigenvalue weighted by molar-refractivity contribution is 0.241. The lowest BCUT2D eigenvalue weighted by Gasteiger charge is -2.27. The van der Waals surface area contributed by atoms with Gasteiger partial charge >= 0.3 is 0 Å². The Balaban J connectivity index is 2.08. The monoisotopic (exact) mass is 285 g/mol. The number of pyridine rings is 1. The number of ether oxygens (including phenoxy) is 1. The van der Waals surface area contributed by atoms with Crippen molar-refractivity contribution in [2.45, 2.75) is 19.5 Å². The van der Waals surface area contributed by atoms with Gasteiger partial charge in [-0.3, -0.25) is 9.88 Å². The van der Waals surface area contributed by atoms with Crippen molar-refractivity contribution in [2.75, 3.05) is 20.7 Å². The quantitative estimate of drug-likeness (QED) is 0.886. The first-order valence-electron chi connectivity index (χ1n) is 7.10. The van der Waals surface area contributed by atoms with Gasteiger partial charge in [0.1, 0.15) is 5.75 Å². The number of hydrogen-bond donors (Lipinski definition) is 1. The van der Waals surface area contributed by atoms with Crippen LogP contribution in [-0.2, 0) is 6.54 Å². The average Bonchev–Trinajstić information content (AvgIpc) is 2.50. The Labute approximate surface area is 126 Å². The molecule has 21 heavy (non-hydrogen) atoms. The van der Waals surface area contributed by atoms with E-state index in [0.29, 0.717) is 6.54 Å². The van der Waals surface area contributed by atoms with Crippen LogP contribution in [-0.4, -0.2) is 30.6 Å². The molecule has 1 unspecified atom stereocenters. The summed E-state index contributed by atoms with van der Waals surface area (Å²) in [5.41, 5.74) is 9.36. The first-order chi connectivity index (χ1) is 10.1. The number of likely N-dealkylation sites (N-methyl/N-ethyl adjacent to an activating group) is 1. The number of rotatable bonds is 6. The number of aryl methyl sites for hydroxylation is 1. The smallest absolute Gasteiger partial charge is 0.118 e. The van der Waals surface area contributed by atoms with E-state index in [-0.39, 0.29) is 6.04 Å². The molecule has 0 spiro atoms. The summed E-state index contributed by atoms with van der Waals surface area (Å²) in [6.45, 7) is 3.39. The van der Waals surface area contributed by atoms with E-state index in [1.807, 2.05) is 31.3 Å². The molecule has 2 N–H and O–H groups in total. The molecule has 2 aromatic rings. The van der Waals surface area contributed by atoms with Gasteiger partial charge in [0.05, 0.1) is 7.11 Å². The molecular weight excluding hydrogens is 262 g/mol. The molecule has 0 aliphatic carbocycles. The largest absolute Gasteiger partial charge is 0.497 e. The van der Waals surface area contributed by atoms with E-state index >= 15 is 0 Å².